The lowest BCUT2D eigenvalue weighted by molar-refractivity contribution is -0.153. The molecule has 3 aromatic rings. The SMILES string of the molecule is Cc1cc(C(N)=O)nn1-c1cccc(-c2ccccc2OCC(F)(F)F)c1. The first-order valence-corrected chi connectivity index (χ1v) is 8.00. The zero-order valence-corrected chi connectivity index (χ0v) is 14.3. The van der Waals surface area contributed by atoms with Crippen molar-refractivity contribution >= 4 is 5.91 Å². The molecule has 0 saturated heterocycles. The lowest BCUT2D eigenvalue weighted by atomic mass is 10.0. The number of nitrogens with zero attached hydrogens (tertiary/aromatic N) is 2. The number of hydrogen-bond acceptors (Lipinski definition) is 3. The highest BCUT2D eigenvalue weighted by Crippen LogP contribution is 2.32. The van der Waals surface area contributed by atoms with Gasteiger partial charge in [0.1, 0.15) is 5.75 Å². The Balaban J connectivity index is 1.98. The minimum atomic E-state index is -4.42. The largest absolute Gasteiger partial charge is 0.483 e. The third kappa shape index (κ3) is 4.28. The zero-order valence-electron chi connectivity index (χ0n) is 14.3. The molecular weight excluding hydrogens is 359 g/mol. The monoisotopic (exact) mass is 375 g/mol. The van der Waals surface area contributed by atoms with Gasteiger partial charge in [0.2, 0.25) is 0 Å². The number of primary amides is 1. The summed E-state index contributed by atoms with van der Waals surface area (Å²) < 4.78 is 44.0. The Labute approximate surface area is 153 Å². The van der Waals surface area contributed by atoms with Crippen molar-refractivity contribution in [3.63, 3.8) is 0 Å². The fourth-order valence-electron chi connectivity index (χ4n) is 2.65. The number of halogens is 3. The lowest BCUT2D eigenvalue weighted by Gasteiger charge is -2.14. The van der Waals surface area contributed by atoms with Crippen LogP contribution in [0.5, 0.6) is 5.75 Å². The van der Waals surface area contributed by atoms with Crippen molar-refractivity contribution in [1.29, 1.82) is 0 Å². The van der Waals surface area contributed by atoms with Crippen molar-refractivity contribution in [2.45, 2.75) is 13.1 Å². The maximum absolute atomic E-state index is 12.5. The van der Waals surface area contributed by atoms with Crippen LogP contribution in [0.1, 0.15) is 16.2 Å². The van der Waals surface area contributed by atoms with Crippen molar-refractivity contribution in [1.82, 2.24) is 9.78 Å². The summed E-state index contributed by atoms with van der Waals surface area (Å²) in [5, 5.41) is 4.17. The molecule has 0 aliphatic carbocycles. The van der Waals surface area contributed by atoms with E-state index in [0.717, 1.165) is 0 Å². The minimum absolute atomic E-state index is 0.127. The van der Waals surface area contributed by atoms with Crippen LogP contribution in [0.3, 0.4) is 0 Å². The van der Waals surface area contributed by atoms with Crippen molar-refractivity contribution in [2.75, 3.05) is 6.61 Å². The average molecular weight is 375 g/mol. The Bertz CT molecular complexity index is 980. The highest BCUT2D eigenvalue weighted by molar-refractivity contribution is 5.90. The first-order valence-electron chi connectivity index (χ1n) is 8.00. The summed E-state index contributed by atoms with van der Waals surface area (Å²) >= 11 is 0. The van der Waals surface area contributed by atoms with E-state index in [-0.39, 0.29) is 11.4 Å². The van der Waals surface area contributed by atoms with Crippen molar-refractivity contribution in [2.24, 2.45) is 5.73 Å². The Morgan fingerprint density at radius 2 is 1.89 bits per heavy atom. The number of carbonyl (C=O) groups is 1. The molecule has 1 amide bonds. The fraction of sp³-hybridized carbons (Fsp3) is 0.158. The maximum Gasteiger partial charge on any atom is 0.422 e. The number of para-hydroxylation sites is 1. The third-order valence-corrected chi connectivity index (χ3v) is 3.82. The average Bonchev–Trinajstić information content (AvgIpc) is 3.02. The molecular formula is C19H16F3N3O2. The van der Waals surface area contributed by atoms with E-state index in [1.807, 2.05) is 0 Å². The summed E-state index contributed by atoms with van der Waals surface area (Å²) in [6.45, 7) is 0.399. The molecule has 0 radical (unpaired) electrons. The van der Waals surface area contributed by atoms with Gasteiger partial charge in [0.05, 0.1) is 5.69 Å². The maximum atomic E-state index is 12.5. The van der Waals surface area contributed by atoms with Crippen LogP contribution in [0.25, 0.3) is 16.8 Å². The van der Waals surface area contributed by atoms with Gasteiger partial charge in [-0.25, -0.2) is 4.68 Å². The number of ether oxygens (including phenoxy) is 1. The molecule has 140 valence electrons. The van der Waals surface area contributed by atoms with E-state index in [1.54, 1.807) is 60.1 Å². The smallest absolute Gasteiger partial charge is 0.422 e. The highest BCUT2D eigenvalue weighted by atomic mass is 19.4. The second kappa shape index (κ2) is 7.14. The van der Waals surface area contributed by atoms with Crippen LogP contribution >= 0.6 is 0 Å². The van der Waals surface area contributed by atoms with E-state index in [2.05, 4.69) is 5.10 Å². The van der Waals surface area contributed by atoms with Gasteiger partial charge >= 0.3 is 6.18 Å². The van der Waals surface area contributed by atoms with E-state index < -0.39 is 18.7 Å². The number of rotatable bonds is 5. The van der Waals surface area contributed by atoms with Gasteiger partial charge in [-0.05, 0) is 36.8 Å². The molecule has 2 aromatic carbocycles. The standard InChI is InChI=1S/C19H16F3N3O2/c1-12-9-16(18(23)26)24-25(12)14-6-4-5-13(10-14)15-7-2-3-8-17(15)27-11-19(20,21)22/h2-10H,11H2,1H3,(H2,23,26). The van der Waals surface area contributed by atoms with Gasteiger partial charge in [-0.15, -0.1) is 0 Å². The first kappa shape index (κ1) is 18.5. The lowest BCUT2D eigenvalue weighted by Crippen LogP contribution is -2.19. The molecule has 0 atom stereocenters. The molecule has 5 nitrogen and oxygen atoms in total. The number of aryl methyl sites for hydroxylation is 1. The summed E-state index contributed by atoms with van der Waals surface area (Å²) in [5.74, 6) is -0.513. The van der Waals surface area contributed by atoms with E-state index in [1.165, 1.54) is 6.07 Å². The van der Waals surface area contributed by atoms with Gasteiger partial charge in [0.25, 0.3) is 5.91 Å². The summed E-state index contributed by atoms with van der Waals surface area (Å²) in [4.78, 5) is 11.3. The summed E-state index contributed by atoms with van der Waals surface area (Å²) in [6, 6.07) is 15.1. The van der Waals surface area contributed by atoms with Gasteiger partial charge in [0, 0.05) is 11.3 Å². The molecule has 0 fully saturated rings. The molecule has 1 heterocycles. The van der Waals surface area contributed by atoms with Crippen molar-refractivity contribution in [3.8, 4) is 22.6 Å². The minimum Gasteiger partial charge on any atom is -0.483 e. The van der Waals surface area contributed by atoms with Gasteiger partial charge in [-0.1, -0.05) is 30.3 Å². The van der Waals surface area contributed by atoms with E-state index in [9.17, 15) is 18.0 Å². The Morgan fingerprint density at radius 1 is 1.15 bits per heavy atom. The van der Waals surface area contributed by atoms with Crippen LogP contribution in [0, 0.1) is 6.92 Å². The molecule has 0 bridgehead atoms. The summed E-state index contributed by atoms with van der Waals surface area (Å²) in [5.41, 5.74) is 7.90. The number of aromatic nitrogens is 2. The molecule has 0 spiro atoms. The van der Waals surface area contributed by atoms with E-state index in [0.29, 0.717) is 22.5 Å². The molecule has 8 heteroatoms. The fourth-order valence-corrected chi connectivity index (χ4v) is 2.65. The van der Waals surface area contributed by atoms with Gasteiger partial charge in [0.15, 0.2) is 12.3 Å². The molecule has 0 saturated carbocycles. The van der Waals surface area contributed by atoms with Crippen LogP contribution < -0.4 is 10.5 Å². The molecule has 27 heavy (non-hydrogen) atoms. The van der Waals surface area contributed by atoms with E-state index in [4.69, 9.17) is 10.5 Å². The van der Waals surface area contributed by atoms with Gasteiger partial charge in [-0.2, -0.15) is 18.3 Å². The molecule has 3 rings (SSSR count). The predicted molar refractivity (Wildman–Crippen MR) is 93.8 cm³/mol. The Kier molecular flexibility index (Phi) is 4.89. The van der Waals surface area contributed by atoms with E-state index >= 15 is 0 Å². The molecule has 0 aliphatic heterocycles. The van der Waals surface area contributed by atoms with Crippen LogP contribution in [-0.4, -0.2) is 28.5 Å². The highest BCUT2D eigenvalue weighted by Gasteiger charge is 2.28. The second-order valence-electron chi connectivity index (χ2n) is 5.90. The van der Waals surface area contributed by atoms with Crippen LogP contribution in [-0.2, 0) is 0 Å². The second-order valence-corrected chi connectivity index (χ2v) is 5.90. The molecule has 2 N–H and O–H groups in total. The molecule has 0 unspecified atom stereocenters. The topological polar surface area (TPSA) is 70.1 Å². The number of hydrogen-bond donors (Lipinski definition) is 1. The number of benzene rings is 2. The number of carbonyl (C=O) groups excluding carboxylic acids is 1. The number of amides is 1. The normalized spacial score (nSPS) is 11.4. The molecule has 1 aromatic heterocycles. The van der Waals surface area contributed by atoms with Gasteiger partial charge < -0.3 is 10.5 Å². The number of nitrogens with two attached hydrogens (primary N) is 1. The van der Waals surface area contributed by atoms with Crippen LogP contribution in [0.4, 0.5) is 13.2 Å². The Morgan fingerprint density at radius 3 is 2.56 bits per heavy atom. The van der Waals surface area contributed by atoms with Crippen molar-refractivity contribution in [3.05, 3.63) is 66.0 Å². The summed E-state index contributed by atoms with van der Waals surface area (Å²) in [7, 11) is 0. The zero-order chi connectivity index (χ0) is 19.6. The first-order chi connectivity index (χ1) is 12.7. The third-order valence-electron chi connectivity index (χ3n) is 3.82. The predicted octanol–water partition coefficient (Wildman–Crippen LogP) is 3.89. The van der Waals surface area contributed by atoms with Crippen LogP contribution in [0.2, 0.25) is 0 Å². The van der Waals surface area contributed by atoms with Crippen LogP contribution in [0.15, 0.2) is 54.6 Å². The number of alkyl halides is 3. The Hall–Kier alpha value is -3.29. The quantitative estimate of drug-likeness (QED) is 0.736. The van der Waals surface area contributed by atoms with Gasteiger partial charge in [-0.3, -0.25) is 4.79 Å². The summed E-state index contributed by atoms with van der Waals surface area (Å²) in [6.07, 6.45) is -4.42. The van der Waals surface area contributed by atoms with Crippen molar-refractivity contribution < 1.29 is 22.7 Å². The molecule has 0 aliphatic rings.